The van der Waals surface area contributed by atoms with Gasteiger partial charge < -0.3 is 10.6 Å². The molecule has 0 saturated carbocycles. The van der Waals surface area contributed by atoms with Crippen molar-refractivity contribution in [1.29, 1.82) is 0 Å². The van der Waals surface area contributed by atoms with E-state index >= 15 is 0 Å². The van der Waals surface area contributed by atoms with Gasteiger partial charge in [0.15, 0.2) is 5.17 Å². The van der Waals surface area contributed by atoms with Crippen molar-refractivity contribution in [3.63, 3.8) is 0 Å². The van der Waals surface area contributed by atoms with Crippen molar-refractivity contribution in [2.75, 3.05) is 7.05 Å². The van der Waals surface area contributed by atoms with Crippen molar-refractivity contribution in [1.82, 2.24) is 10.6 Å². The molecule has 5 nitrogen and oxygen atoms in total. The number of hydrogen-bond acceptors (Lipinski definition) is 4. The van der Waals surface area contributed by atoms with E-state index in [4.69, 9.17) is 23.2 Å². The Morgan fingerprint density at radius 3 is 2.65 bits per heavy atom. The van der Waals surface area contributed by atoms with Crippen LogP contribution in [0.2, 0.25) is 10.0 Å². The molecule has 0 bridgehead atoms. The fourth-order valence-corrected chi connectivity index (χ4v) is 2.65. The zero-order valence-corrected chi connectivity index (χ0v) is 12.6. The van der Waals surface area contributed by atoms with E-state index in [9.17, 15) is 9.59 Å². The average Bonchev–Trinajstić information content (AvgIpc) is 2.74. The van der Waals surface area contributed by atoms with Crippen molar-refractivity contribution >= 4 is 57.6 Å². The summed E-state index contributed by atoms with van der Waals surface area (Å²) in [6.45, 7) is 0. The van der Waals surface area contributed by atoms with Gasteiger partial charge in [-0.2, -0.15) is 0 Å². The molecule has 0 aromatic heterocycles. The monoisotopic (exact) mass is 329 g/mol. The molecule has 0 radical (unpaired) electrons. The minimum Gasteiger partial charge on any atom is -0.356 e. The Kier molecular flexibility index (Phi) is 4.69. The van der Waals surface area contributed by atoms with Gasteiger partial charge >= 0.3 is 0 Å². The van der Waals surface area contributed by atoms with E-state index in [0.29, 0.717) is 20.9 Å². The summed E-state index contributed by atoms with van der Waals surface area (Å²) in [5, 5.41) is 6.03. The Bertz CT molecular complexity index is 623. The summed E-state index contributed by atoms with van der Waals surface area (Å²) in [5.74, 6) is -0.750. The van der Waals surface area contributed by atoms with Gasteiger partial charge in [-0.1, -0.05) is 29.3 Å². The van der Waals surface area contributed by atoms with Crippen LogP contribution in [0.1, 0.15) is 0 Å². The molecule has 1 aromatic carbocycles. The van der Waals surface area contributed by atoms with Crippen LogP contribution in [0.25, 0.3) is 0 Å². The number of para-hydroxylation sites is 1. The number of halogens is 2. The molecular formula is C12H9Cl2N3O2S. The second-order valence-corrected chi connectivity index (χ2v) is 5.51. The Morgan fingerprint density at radius 2 is 2.05 bits per heavy atom. The number of benzene rings is 1. The molecule has 1 aromatic rings. The molecule has 20 heavy (non-hydrogen) atoms. The lowest BCUT2D eigenvalue weighted by molar-refractivity contribution is -0.117. The maximum atomic E-state index is 11.7. The SMILES string of the molecule is CNC(=O)C=C1SC(=Nc2c(Cl)cccc2Cl)NC1=O. The number of hydrogen-bond donors (Lipinski definition) is 2. The fraction of sp³-hybridized carbons (Fsp3) is 0.0833. The lowest BCUT2D eigenvalue weighted by Crippen LogP contribution is -2.21. The minimum absolute atomic E-state index is 0.256. The highest BCUT2D eigenvalue weighted by Crippen LogP contribution is 2.35. The Morgan fingerprint density at radius 1 is 1.40 bits per heavy atom. The van der Waals surface area contributed by atoms with Crippen LogP contribution in [0.15, 0.2) is 34.2 Å². The van der Waals surface area contributed by atoms with Gasteiger partial charge in [-0.3, -0.25) is 9.59 Å². The number of rotatable bonds is 2. The van der Waals surface area contributed by atoms with E-state index in [1.807, 2.05) is 0 Å². The Balaban J connectivity index is 2.29. The van der Waals surface area contributed by atoms with Crippen LogP contribution in [0, 0.1) is 0 Å². The van der Waals surface area contributed by atoms with E-state index in [0.717, 1.165) is 11.8 Å². The van der Waals surface area contributed by atoms with Crippen molar-refractivity contribution in [2.45, 2.75) is 0 Å². The molecule has 1 aliphatic rings. The summed E-state index contributed by atoms with van der Waals surface area (Å²) >= 11 is 13.0. The van der Waals surface area contributed by atoms with Crippen LogP contribution < -0.4 is 10.6 Å². The third kappa shape index (κ3) is 3.33. The molecule has 0 aliphatic carbocycles. The highest BCUT2D eigenvalue weighted by Gasteiger charge is 2.25. The van der Waals surface area contributed by atoms with Crippen LogP contribution in [0.3, 0.4) is 0 Å². The van der Waals surface area contributed by atoms with E-state index < -0.39 is 0 Å². The number of thioether (sulfide) groups is 1. The molecule has 0 unspecified atom stereocenters. The zero-order chi connectivity index (χ0) is 14.7. The first-order valence-electron chi connectivity index (χ1n) is 5.46. The number of carbonyl (C=O) groups excluding carboxylic acids is 2. The number of aliphatic imine (C=N–C) groups is 1. The first-order valence-corrected chi connectivity index (χ1v) is 7.04. The van der Waals surface area contributed by atoms with E-state index in [1.54, 1.807) is 18.2 Å². The molecule has 1 fully saturated rings. The second-order valence-electron chi connectivity index (χ2n) is 3.67. The predicted octanol–water partition coefficient (Wildman–Crippen LogP) is 2.47. The maximum Gasteiger partial charge on any atom is 0.264 e. The van der Waals surface area contributed by atoms with Gasteiger partial charge in [0, 0.05) is 13.1 Å². The number of amides is 2. The van der Waals surface area contributed by atoms with Gasteiger partial charge in [-0.15, -0.1) is 0 Å². The highest BCUT2D eigenvalue weighted by molar-refractivity contribution is 8.18. The van der Waals surface area contributed by atoms with Crippen LogP contribution >= 0.6 is 35.0 Å². The molecule has 2 N–H and O–H groups in total. The topological polar surface area (TPSA) is 70.6 Å². The quantitative estimate of drug-likeness (QED) is 0.819. The molecule has 104 valence electrons. The minimum atomic E-state index is -0.388. The summed E-state index contributed by atoms with van der Waals surface area (Å²) in [6, 6.07) is 5.00. The van der Waals surface area contributed by atoms with Crippen LogP contribution in [-0.4, -0.2) is 24.0 Å². The molecule has 1 saturated heterocycles. The first-order chi connectivity index (χ1) is 9.51. The van der Waals surface area contributed by atoms with Gasteiger partial charge in [-0.05, 0) is 23.9 Å². The molecule has 2 rings (SSSR count). The van der Waals surface area contributed by atoms with E-state index in [2.05, 4.69) is 15.6 Å². The molecule has 0 atom stereocenters. The molecule has 1 heterocycles. The van der Waals surface area contributed by atoms with Crippen molar-refractivity contribution in [3.8, 4) is 0 Å². The van der Waals surface area contributed by atoms with Crippen molar-refractivity contribution in [3.05, 3.63) is 39.2 Å². The summed E-state index contributed by atoms with van der Waals surface area (Å²) in [5.41, 5.74) is 0.375. The summed E-state index contributed by atoms with van der Waals surface area (Å²) in [4.78, 5) is 27.4. The summed E-state index contributed by atoms with van der Waals surface area (Å²) < 4.78 is 0. The van der Waals surface area contributed by atoms with Crippen molar-refractivity contribution in [2.24, 2.45) is 4.99 Å². The van der Waals surface area contributed by atoms with Gasteiger partial charge in [0.2, 0.25) is 5.91 Å². The highest BCUT2D eigenvalue weighted by atomic mass is 35.5. The predicted molar refractivity (Wildman–Crippen MR) is 81.4 cm³/mol. The van der Waals surface area contributed by atoms with Crippen LogP contribution in [0.5, 0.6) is 0 Å². The first kappa shape index (κ1) is 14.9. The smallest absolute Gasteiger partial charge is 0.264 e. The summed E-state index contributed by atoms with van der Waals surface area (Å²) in [6.07, 6.45) is 1.21. The maximum absolute atomic E-state index is 11.7. The molecule has 0 spiro atoms. The molecule has 2 amide bonds. The van der Waals surface area contributed by atoms with Gasteiger partial charge in [-0.25, -0.2) is 4.99 Å². The summed E-state index contributed by atoms with van der Waals surface area (Å²) in [7, 11) is 1.48. The van der Waals surface area contributed by atoms with E-state index in [1.165, 1.54) is 13.1 Å². The number of amidine groups is 1. The molecule has 8 heteroatoms. The number of nitrogens with one attached hydrogen (secondary N) is 2. The fourth-order valence-electron chi connectivity index (χ4n) is 1.37. The standard InChI is InChI=1S/C12H9Cl2N3O2S/c1-15-9(18)5-8-11(19)17-12(20-8)16-10-6(13)3-2-4-7(10)14/h2-5H,1H3,(H,15,18)(H,16,17,19). The second kappa shape index (κ2) is 6.30. The van der Waals surface area contributed by atoms with Crippen molar-refractivity contribution < 1.29 is 9.59 Å². The van der Waals surface area contributed by atoms with Gasteiger partial charge in [0.25, 0.3) is 5.91 Å². The zero-order valence-electron chi connectivity index (χ0n) is 10.2. The third-order valence-corrected chi connectivity index (χ3v) is 3.83. The average molecular weight is 330 g/mol. The number of likely N-dealkylation sites (N-methyl/N-ethyl adjacent to an activating group) is 1. The third-order valence-electron chi connectivity index (χ3n) is 2.31. The van der Waals surface area contributed by atoms with Crippen LogP contribution in [0.4, 0.5) is 5.69 Å². The lowest BCUT2D eigenvalue weighted by Gasteiger charge is -2.01. The Labute approximate surface area is 129 Å². The number of nitrogens with zero attached hydrogens (tertiary/aromatic N) is 1. The Hall–Kier alpha value is -1.50. The van der Waals surface area contributed by atoms with E-state index in [-0.39, 0.29) is 16.7 Å². The largest absolute Gasteiger partial charge is 0.356 e. The normalized spacial score (nSPS) is 18.4. The van der Waals surface area contributed by atoms with Crippen LogP contribution in [-0.2, 0) is 9.59 Å². The lowest BCUT2D eigenvalue weighted by atomic mass is 10.3. The molecular weight excluding hydrogens is 321 g/mol. The number of carbonyl (C=O) groups is 2. The van der Waals surface area contributed by atoms with Gasteiger partial charge in [0.1, 0.15) is 5.69 Å². The molecule has 1 aliphatic heterocycles. The van der Waals surface area contributed by atoms with Gasteiger partial charge in [0.05, 0.1) is 15.0 Å².